The molecule has 0 radical (unpaired) electrons. The van der Waals surface area contributed by atoms with E-state index in [1.807, 2.05) is 44.2 Å². The van der Waals surface area contributed by atoms with Gasteiger partial charge in [-0.3, -0.25) is 0 Å². The Hall–Kier alpha value is -1.61. The minimum Gasteiger partial charge on any atom is -0.308 e. The molecule has 2 aromatic rings. The summed E-state index contributed by atoms with van der Waals surface area (Å²) in [6.45, 7) is 4.00. The first-order chi connectivity index (χ1) is 6.92. The van der Waals surface area contributed by atoms with Gasteiger partial charge in [0.1, 0.15) is 5.82 Å². The highest BCUT2D eigenvalue weighted by atomic mass is 15.2. The summed E-state index contributed by atoms with van der Waals surface area (Å²) in [6, 6.07) is 9.92. The summed E-state index contributed by atoms with van der Waals surface area (Å²) in [7, 11) is 0. The van der Waals surface area contributed by atoms with Gasteiger partial charge < -0.3 is 5.43 Å². The number of fused-ring (bicyclic) bond motifs is 1. The summed E-state index contributed by atoms with van der Waals surface area (Å²) in [4.78, 5) is 4.09. The summed E-state index contributed by atoms with van der Waals surface area (Å²) in [5.41, 5.74) is 2.56. The lowest BCUT2D eigenvalue weighted by atomic mass is 10.2. The van der Waals surface area contributed by atoms with E-state index in [0.29, 0.717) is 5.82 Å². The maximum absolute atomic E-state index is 5.30. The van der Waals surface area contributed by atoms with Crippen molar-refractivity contribution in [2.45, 2.75) is 13.8 Å². The smallest absolute Gasteiger partial charge is 0.147 e. The minimum absolute atomic E-state index is 0.716. The van der Waals surface area contributed by atoms with Gasteiger partial charge in [-0.1, -0.05) is 38.1 Å². The quantitative estimate of drug-likeness (QED) is 0.535. The molecule has 0 aliphatic heterocycles. The Bertz CT molecular complexity index is 393. The second-order valence-electron chi connectivity index (χ2n) is 2.53. The van der Waals surface area contributed by atoms with Gasteiger partial charge >= 0.3 is 0 Å². The predicted octanol–water partition coefficient (Wildman–Crippen LogP) is 2.55. The maximum Gasteiger partial charge on any atom is 0.147 e. The summed E-state index contributed by atoms with van der Waals surface area (Å²) in [5, 5.41) is 2.18. The summed E-state index contributed by atoms with van der Waals surface area (Å²) >= 11 is 0. The van der Waals surface area contributed by atoms with Crippen LogP contribution in [0.5, 0.6) is 0 Å². The van der Waals surface area contributed by atoms with E-state index in [-0.39, 0.29) is 0 Å². The van der Waals surface area contributed by atoms with E-state index >= 15 is 0 Å². The standard InChI is InChI=1S/C9H9N3.C2H6/c10-12-9-8-4-2-1-3-7(8)5-6-11-9;1-2/h1-6H,10H2,(H,11,12);1-2H3. The Kier molecular flexibility index (Phi) is 3.88. The minimum atomic E-state index is 0.716. The Balaban J connectivity index is 0.000000461. The maximum atomic E-state index is 5.30. The van der Waals surface area contributed by atoms with E-state index in [1.165, 1.54) is 0 Å². The van der Waals surface area contributed by atoms with Crippen molar-refractivity contribution < 1.29 is 0 Å². The lowest BCUT2D eigenvalue weighted by Gasteiger charge is -2.02. The molecule has 2 rings (SSSR count). The van der Waals surface area contributed by atoms with Crippen LogP contribution in [0.15, 0.2) is 36.5 Å². The zero-order valence-electron chi connectivity index (χ0n) is 8.49. The van der Waals surface area contributed by atoms with Crippen molar-refractivity contribution >= 4 is 16.6 Å². The number of nitrogens with zero attached hydrogens (tertiary/aromatic N) is 1. The van der Waals surface area contributed by atoms with Crippen LogP contribution in [0.25, 0.3) is 10.8 Å². The fourth-order valence-electron chi connectivity index (χ4n) is 1.23. The second kappa shape index (κ2) is 5.19. The number of rotatable bonds is 1. The number of hydrogen-bond acceptors (Lipinski definition) is 3. The molecule has 3 nitrogen and oxygen atoms in total. The molecule has 74 valence electrons. The van der Waals surface area contributed by atoms with E-state index in [4.69, 9.17) is 5.84 Å². The average molecular weight is 189 g/mol. The molecule has 1 heterocycles. The third-order valence-corrected chi connectivity index (χ3v) is 1.81. The van der Waals surface area contributed by atoms with Crippen molar-refractivity contribution in [3.8, 4) is 0 Å². The number of anilines is 1. The van der Waals surface area contributed by atoms with Crippen molar-refractivity contribution in [2.24, 2.45) is 5.84 Å². The van der Waals surface area contributed by atoms with Crippen LogP contribution in [-0.2, 0) is 0 Å². The van der Waals surface area contributed by atoms with Crippen LogP contribution in [0.4, 0.5) is 5.82 Å². The topological polar surface area (TPSA) is 50.9 Å². The van der Waals surface area contributed by atoms with Crippen molar-refractivity contribution in [1.29, 1.82) is 0 Å². The molecule has 0 fully saturated rings. The Labute approximate surface area is 83.9 Å². The lowest BCUT2D eigenvalue weighted by Crippen LogP contribution is -2.08. The van der Waals surface area contributed by atoms with Gasteiger partial charge in [0.05, 0.1) is 0 Å². The van der Waals surface area contributed by atoms with Gasteiger partial charge in [0, 0.05) is 11.6 Å². The average Bonchev–Trinajstić information content (AvgIpc) is 2.31. The highest BCUT2D eigenvalue weighted by Gasteiger charge is 1.97. The van der Waals surface area contributed by atoms with Crippen molar-refractivity contribution in [2.75, 3.05) is 5.43 Å². The van der Waals surface area contributed by atoms with E-state index in [9.17, 15) is 0 Å². The molecule has 0 aliphatic carbocycles. The number of nitrogen functional groups attached to an aromatic ring is 1. The Morgan fingerprint density at radius 1 is 1.14 bits per heavy atom. The number of nitrogens with two attached hydrogens (primary N) is 1. The second-order valence-corrected chi connectivity index (χ2v) is 2.53. The first-order valence-electron chi connectivity index (χ1n) is 4.72. The monoisotopic (exact) mass is 189 g/mol. The van der Waals surface area contributed by atoms with E-state index in [1.54, 1.807) is 6.20 Å². The van der Waals surface area contributed by atoms with Gasteiger partial charge in [0.25, 0.3) is 0 Å². The highest BCUT2D eigenvalue weighted by Crippen LogP contribution is 2.18. The number of aromatic nitrogens is 1. The number of hydrogen-bond donors (Lipinski definition) is 2. The van der Waals surface area contributed by atoms with Gasteiger partial charge in [-0.25, -0.2) is 10.8 Å². The van der Waals surface area contributed by atoms with E-state index in [2.05, 4.69) is 10.4 Å². The molecule has 0 amide bonds. The zero-order valence-corrected chi connectivity index (χ0v) is 8.49. The van der Waals surface area contributed by atoms with Gasteiger partial charge in [-0.05, 0) is 11.5 Å². The number of pyridine rings is 1. The Morgan fingerprint density at radius 3 is 2.57 bits per heavy atom. The van der Waals surface area contributed by atoms with E-state index in [0.717, 1.165) is 10.8 Å². The SMILES string of the molecule is CC.NNc1nccc2ccccc12. The zero-order chi connectivity index (χ0) is 10.4. The Morgan fingerprint density at radius 2 is 1.86 bits per heavy atom. The summed E-state index contributed by atoms with van der Waals surface area (Å²) < 4.78 is 0. The molecule has 14 heavy (non-hydrogen) atoms. The molecule has 3 heteroatoms. The van der Waals surface area contributed by atoms with Crippen LogP contribution in [0.2, 0.25) is 0 Å². The molecule has 0 saturated heterocycles. The highest BCUT2D eigenvalue weighted by molar-refractivity contribution is 5.91. The van der Waals surface area contributed by atoms with E-state index < -0.39 is 0 Å². The first-order valence-corrected chi connectivity index (χ1v) is 4.72. The first kappa shape index (κ1) is 10.5. The van der Waals surface area contributed by atoms with Gasteiger partial charge in [0.2, 0.25) is 0 Å². The lowest BCUT2D eigenvalue weighted by molar-refractivity contribution is 1.25. The van der Waals surface area contributed by atoms with Crippen molar-refractivity contribution in [3.63, 3.8) is 0 Å². The molecular formula is C11H15N3. The molecule has 1 aromatic carbocycles. The van der Waals surface area contributed by atoms with Crippen molar-refractivity contribution in [1.82, 2.24) is 4.98 Å². The predicted molar refractivity (Wildman–Crippen MR) is 60.9 cm³/mol. The largest absolute Gasteiger partial charge is 0.308 e. The van der Waals surface area contributed by atoms with Gasteiger partial charge in [0.15, 0.2) is 0 Å². The van der Waals surface area contributed by atoms with Gasteiger partial charge in [-0.15, -0.1) is 0 Å². The number of hydrazine groups is 1. The molecule has 1 aromatic heterocycles. The van der Waals surface area contributed by atoms with Crippen LogP contribution < -0.4 is 11.3 Å². The molecular weight excluding hydrogens is 174 g/mol. The van der Waals surface area contributed by atoms with Gasteiger partial charge in [-0.2, -0.15) is 0 Å². The molecule has 3 N–H and O–H groups in total. The molecule has 0 spiro atoms. The van der Waals surface area contributed by atoms with Crippen molar-refractivity contribution in [3.05, 3.63) is 36.5 Å². The van der Waals surface area contributed by atoms with Crippen LogP contribution in [0, 0.1) is 0 Å². The fourth-order valence-corrected chi connectivity index (χ4v) is 1.23. The number of nitrogens with one attached hydrogen (secondary N) is 1. The van der Waals surface area contributed by atoms with Crippen LogP contribution in [0.1, 0.15) is 13.8 Å². The molecule has 0 atom stereocenters. The van der Waals surface area contributed by atoms with Crippen LogP contribution >= 0.6 is 0 Å². The normalized spacial score (nSPS) is 9.07. The molecule has 0 unspecified atom stereocenters. The van der Waals surface area contributed by atoms with Crippen LogP contribution in [0.3, 0.4) is 0 Å². The summed E-state index contributed by atoms with van der Waals surface area (Å²) in [6.07, 6.45) is 1.73. The molecule has 0 saturated carbocycles. The third kappa shape index (κ3) is 2.00. The van der Waals surface area contributed by atoms with Crippen LogP contribution in [-0.4, -0.2) is 4.98 Å². The third-order valence-electron chi connectivity index (χ3n) is 1.81. The molecule has 0 bridgehead atoms. The molecule has 0 aliphatic rings. The summed E-state index contributed by atoms with van der Waals surface area (Å²) in [5.74, 6) is 6.02. The number of benzene rings is 1. The fraction of sp³-hybridized carbons (Fsp3) is 0.182.